The van der Waals surface area contributed by atoms with Crippen molar-refractivity contribution in [2.24, 2.45) is 0 Å². The maximum Gasteiger partial charge on any atom is 0.216 e. The summed E-state index contributed by atoms with van der Waals surface area (Å²) >= 11 is 0. The molecule has 0 heterocycles. The zero-order chi connectivity index (χ0) is 6.57. The minimum Gasteiger partial charge on any atom is -0.383 e. The Bertz CT molecular complexity index is 83.4. The van der Waals surface area contributed by atoms with E-state index in [1.54, 1.807) is 0 Å². The minimum absolute atomic E-state index is 0.425. The lowest BCUT2D eigenvalue weighted by atomic mass is 10.4. The van der Waals surface area contributed by atoms with Crippen molar-refractivity contribution in [1.29, 1.82) is 0 Å². The van der Waals surface area contributed by atoms with Gasteiger partial charge in [-0.3, -0.25) is 4.57 Å². The van der Waals surface area contributed by atoms with Gasteiger partial charge in [0.15, 0.2) is 0 Å². The molecule has 0 rings (SSSR count). The van der Waals surface area contributed by atoms with E-state index < -0.39 is 13.9 Å². The summed E-state index contributed by atoms with van der Waals surface area (Å²) in [6.45, 7) is 1.86. The summed E-state index contributed by atoms with van der Waals surface area (Å²) in [4.78, 5) is 8.25. The van der Waals surface area contributed by atoms with Crippen molar-refractivity contribution < 1.29 is 14.6 Å². The highest BCUT2D eigenvalue weighted by Crippen LogP contribution is 2.22. The molecule has 2 N–H and O–H groups in total. The molecule has 50 valence electrons. The first-order valence-electron chi connectivity index (χ1n) is 2.59. The maximum atomic E-state index is 10.0. The molecule has 0 aliphatic heterocycles. The first kappa shape index (κ1) is 8.15. The zero-order valence-corrected chi connectivity index (χ0v) is 5.79. The van der Waals surface area contributed by atoms with E-state index in [2.05, 4.69) is 0 Å². The SMILES string of the molecule is CCCC(O)[PH](=O)O. The fraction of sp³-hybridized carbons (Fsp3) is 1.00. The predicted octanol–water partition coefficient (Wildman–Crippen LogP) is 0.572. The van der Waals surface area contributed by atoms with Crippen LogP contribution < -0.4 is 0 Å². The number of rotatable bonds is 3. The molecule has 0 aliphatic carbocycles. The molecule has 0 saturated carbocycles. The molecule has 3 nitrogen and oxygen atoms in total. The van der Waals surface area contributed by atoms with Gasteiger partial charge in [0.05, 0.1) is 0 Å². The van der Waals surface area contributed by atoms with E-state index in [-0.39, 0.29) is 0 Å². The molecule has 0 aromatic rings. The van der Waals surface area contributed by atoms with E-state index in [9.17, 15) is 4.57 Å². The monoisotopic (exact) mass is 138 g/mol. The number of aliphatic hydroxyl groups excluding tert-OH is 1. The van der Waals surface area contributed by atoms with Crippen molar-refractivity contribution in [3.05, 3.63) is 0 Å². The third-order valence-electron chi connectivity index (χ3n) is 0.847. The summed E-state index contributed by atoms with van der Waals surface area (Å²) in [5.41, 5.74) is 0. The van der Waals surface area contributed by atoms with Crippen molar-refractivity contribution in [2.75, 3.05) is 0 Å². The molecule has 0 radical (unpaired) electrons. The van der Waals surface area contributed by atoms with Gasteiger partial charge in [0.25, 0.3) is 0 Å². The van der Waals surface area contributed by atoms with Gasteiger partial charge in [-0.25, -0.2) is 0 Å². The second-order valence-electron chi connectivity index (χ2n) is 1.64. The molecule has 4 heteroatoms. The molecule has 0 fully saturated rings. The Morgan fingerprint density at radius 2 is 2.25 bits per heavy atom. The van der Waals surface area contributed by atoms with Gasteiger partial charge in [0, 0.05) is 0 Å². The van der Waals surface area contributed by atoms with Crippen LogP contribution in [0.3, 0.4) is 0 Å². The number of hydrogen-bond acceptors (Lipinski definition) is 2. The van der Waals surface area contributed by atoms with Crippen LogP contribution in [0.5, 0.6) is 0 Å². The van der Waals surface area contributed by atoms with Crippen LogP contribution in [-0.2, 0) is 4.57 Å². The molecule has 0 spiro atoms. The molecule has 0 bridgehead atoms. The standard InChI is InChI=1S/C4H11O3P/c1-2-3-4(5)8(6)7/h4-5,8H,2-3H2,1H3,(H,6,7). The van der Waals surface area contributed by atoms with Crippen LogP contribution in [0.15, 0.2) is 0 Å². The first-order chi connectivity index (χ1) is 3.68. The van der Waals surface area contributed by atoms with Gasteiger partial charge in [-0.15, -0.1) is 0 Å². The van der Waals surface area contributed by atoms with Crippen molar-refractivity contribution in [3.8, 4) is 0 Å². The van der Waals surface area contributed by atoms with Crippen molar-refractivity contribution in [3.63, 3.8) is 0 Å². The minimum atomic E-state index is -2.67. The summed E-state index contributed by atoms with van der Waals surface area (Å²) in [7, 11) is -2.67. The second-order valence-corrected chi connectivity index (χ2v) is 2.99. The lowest BCUT2D eigenvalue weighted by molar-refractivity contribution is 0.227. The van der Waals surface area contributed by atoms with Gasteiger partial charge in [-0.2, -0.15) is 0 Å². The topological polar surface area (TPSA) is 57.5 Å². The lowest BCUT2D eigenvalue weighted by Crippen LogP contribution is -1.97. The second kappa shape index (κ2) is 4.07. The Morgan fingerprint density at radius 3 is 2.38 bits per heavy atom. The third kappa shape index (κ3) is 3.19. The largest absolute Gasteiger partial charge is 0.383 e. The maximum absolute atomic E-state index is 10.0. The summed E-state index contributed by atoms with van der Waals surface area (Å²) in [6.07, 6.45) is 1.17. The average Bonchev–Trinajstić information content (AvgIpc) is 1.67. The molecule has 0 aromatic heterocycles. The average molecular weight is 138 g/mol. The van der Waals surface area contributed by atoms with Gasteiger partial charge in [-0.05, 0) is 6.42 Å². The molecule has 0 saturated heterocycles. The predicted molar refractivity (Wildman–Crippen MR) is 32.1 cm³/mol. The number of hydrogen-bond donors (Lipinski definition) is 2. The van der Waals surface area contributed by atoms with E-state index in [0.29, 0.717) is 6.42 Å². The molecule has 8 heavy (non-hydrogen) atoms. The Hall–Kier alpha value is 0.150. The normalized spacial score (nSPS) is 17.9. The summed E-state index contributed by atoms with van der Waals surface area (Å²) in [5.74, 6) is -0.981. The smallest absolute Gasteiger partial charge is 0.216 e. The summed E-state index contributed by atoms with van der Waals surface area (Å²) in [5, 5.41) is 8.61. The van der Waals surface area contributed by atoms with Crippen molar-refractivity contribution in [1.82, 2.24) is 0 Å². The van der Waals surface area contributed by atoms with E-state index in [1.807, 2.05) is 6.92 Å². The van der Waals surface area contributed by atoms with Gasteiger partial charge in [0.1, 0.15) is 5.85 Å². The van der Waals surface area contributed by atoms with Gasteiger partial charge in [0.2, 0.25) is 8.03 Å². The van der Waals surface area contributed by atoms with Crippen LogP contribution in [0.25, 0.3) is 0 Å². The third-order valence-corrected chi connectivity index (χ3v) is 1.71. The van der Waals surface area contributed by atoms with Crippen LogP contribution in [0, 0.1) is 0 Å². The fourth-order valence-corrected chi connectivity index (χ4v) is 0.933. The van der Waals surface area contributed by atoms with Gasteiger partial charge in [-0.1, -0.05) is 13.3 Å². The Kier molecular flexibility index (Phi) is 4.15. The first-order valence-corrected chi connectivity index (χ1v) is 4.02. The van der Waals surface area contributed by atoms with Crippen LogP contribution in [0.4, 0.5) is 0 Å². The fourth-order valence-electron chi connectivity index (χ4n) is 0.397. The van der Waals surface area contributed by atoms with Crippen LogP contribution in [-0.4, -0.2) is 15.8 Å². The lowest BCUT2D eigenvalue weighted by Gasteiger charge is -2.01. The van der Waals surface area contributed by atoms with E-state index >= 15 is 0 Å². The molecular weight excluding hydrogens is 127 g/mol. The summed E-state index contributed by atoms with van der Waals surface area (Å²) in [6, 6.07) is 0. The highest BCUT2D eigenvalue weighted by Gasteiger charge is 2.06. The highest BCUT2D eigenvalue weighted by molar-refractivity contribution is 7.38. The Morgan fingerprint density at radius 1 is 1.75 bits per heavy atom. The van der Waals surface area contributed by atoms with Crippen LogP contribution in [0.1, 0.15) is 19.8 Å². The molecule has 0 aliphatic rings. The number of aliphatic hydroxyl groups is 1. The van der Waals surface area contributed by atoms with Crippen molar-refractivity contribution >= 4 is 8.03 Å². The van der Waals surface area contributed by atoms with Crippen molar-refractivity contribution in [2.45, 2.75) is 25.6 Å². The Labute approximate surface area is 49.2 Å². The molecule has 2 unspecified atom stereocenters. The molecular formula is C4H11O3P. The van der Waals surface area contributed by atoms with Crippen LogP contribution >= 0.6 is 8.03 Å². The highest BCUT2D eigenvalue weighted by atomic mass is 31.1. The van der Waals surface area contributed by atoms with Gasteiger partial charge >= 0.3 is 0 Å². The van der Waals surface area contributed by atoms with Crippen LogP contribution in [0.2, 0.25) is 0 Å². The summed E-state index contributed by atoms with van der Waals surface area (Å²) < 4.78 is 10.0. The molecule has 0 aromatic carbocycles. The van der Waals surface area contributed by atoms with Gasteiger partial charge < -0.3 is 10.00 Å². The van der Waals surface area contributed by atoms with E-state index in [4.69, 9.17) is 10.00 Å². The zero-order valence-electron chi connectivity index (χ0n) is 4.79. The Balaban J connectivity index is 3.32. The molecule has 2 atom stereocenters. The van der Waals surface area contributed by atoms with E-state index in [1.165, 1.54) is 0 Å². The van der Waals surface area contributed by atoms with E-state index in [0.717, 1.165) is 6.42 Å². The quantitative estimate of drug-likeness (QED) is 0.560. The molecule has 0 amide bonds.